The van der Waals surface area contributed by atoms with Crippen LogP contribution < -0.4 is 0 Å². The summed E-state index contributed by atoms with van der Waals surface area (Å²) >= 11 is 0. The zero-order chi connectivity index (χ0) is 26.9. The zero-order valence-corrected chi connectivity index (χ0v) is 28.0. The van der Waals surface area contributed by atoms with E-state index in [1.807, 2.05) is 0 Å². The fraction of sp³-hybridized carbons (Fsp3) is 0.786. The lowest BCUT2D eigenvalue weighted by molar-refractivity contribution is -0.118. The van der Waals surface area contributed by atoms with E-state index in [0.717, 1.165) is 12.8 Å². The molecule has 2 rings (SSSR count). The van der Waals surface area contributed by atoms with Crippen molar-refractivity contribution in [2.24, 2.45) is 0 Å². The zero-order valence-electron chi connectivity index (χ0n) is 25.0. The monoisotopic (exact) mass is 538 g/mol. The van der Waals surface area contributed by atoms with Crippen LogP contribution in [-0.4, -0.2) is 49.4 Å². The SMILES string of the molecule is CC(C)(C)[Si](C)(C)O[C@H]1CC(OCc2ccccc2)C[C@@H](O[Si](C)(C)C(C)(C)C)C1O[Si](C)(C)C. The Morgan fingerprint density at radius 2 is 1.11 bits per heavy atom. The molecule has 1 aromatic rings. The molecule has 0 spiro atoms. The van der Waals surface area contributed by atoms with Crippen LogP contribution in [0.15, 0.2) is 30.3 Å². The first-order valence-electron chi connectivity index (χ1n) is 13.4. The molecule has 1 fully saturated rings. The topological polar surface area (TPSA) is 36.9 Å². The van der Waals surface area contributed by atoms with Gasteiger partial charge < -0.3 is 18.0 Å². The average Bonchev–Trinajstić information content (AvgIpc) is 2.66. The third-order valence-electron chi connectivity index (χ3n) is 8.05. The van der Waals surface area contributed by atoms with Gasteiger partial charge >= 0.3 is 0 Å². The van der Waals surface area contributed by atoms with Crippen LogP contribution in [0.1, 0.15) is 59.9 Å². The minimum atomic E-state index is -2.02. The molecule has 1 aliphatic carbocycles. The van der Waals surface area contributed by atoms with Gasteiger partial charge in [-0.2, -0.15) is 0 Å². The van der Waals surface area contributed by atoms with Crippen molar-refractivity contribution in [1.82, 2.24) is 0 Å². The number of ether oxygens (including phenoxy) is 1. The molecule has 1 aliphatic rings. The summed E-state index contributed by atoms with van der Waals surface area (Å²) in [5.74, 6) is 0. The first-order chi connectivity index (χ1) is 15.7. The second-order valence-corrected chi connectivity index (χ2v) is 28.4. The van der Waals surface area contributed by atoms with Gasteiger partial charge in [-0.3, -0.25) is 0 Å². The largest absolute Gasteiger partial charge is 0.411 e. The fourth-order valence-corrected chi connectivity index (χ4v) is 7.75. The van der Waals surface area contributed by atoms with Gasteiger partial charge in [0.25, 0.3) is 0 Å². The van der Waals surface area contributed by atoms with Crippen molar-refractivity contribution in [2.75, 3.05) is 0 Å². The lowest BCUT2D eigenvalue weighted by Crippen LogP contribution is -2.60. The van der Waals surface area contributed by atoms with Crippen LogP contribution in [0.3, 0.4) is 0 Å². The number of rotatable bonds is 9. The van der Waals surface area contributed by atoms with E-state index < -0.39 is 25.0 Å². The van der Waals surface area contributed by atoms with Crippen molar-refractivity contribution in [1.29, 1.82) is 0 Å². The molecule has 1 aromatic carbocycles. The van der Waals surface area contributed by atoms with E-state index in [4.69, 9.17) is 18.0 Å². The fourth-order valence-electron chi connectivity index (χ4n) is 3.95. The van der Waals surface area contributed by atoms with Crippen LogP contribution in [0.2, 0.25) is 55.9 Å². The van der Waals surface area contributed by atoms with Crippen molar-refractivity contribution in [2.45, 2.75) is 141 Å². The van der Waals surface area contributed by atoms with Crippen LogP contribution in [0.25, 0.3) is 0 Å². The molecule has 7 heteroatoms. The van der Waals surface area contributed by atoms with Gasteiger partial charge in [0.2, 0.25) is 0 Å². The Bertz CT molecular complexity index is 753. The minimum Gasteiger partial charge on any atom is -0.411 e. The molecule has 0 bridgehead atoms. The van der Waals surface area contributed by atoms with Gasteiger partial charge in [0.1, 0.15) is 0 Å². The summed E-state index contributed by atoms with van der Waals surface area (Å²) in [4.78, 5) is 0. The maximum atomic E-state index is 7.11. The predicted molar refractivity (Wildman–Crippen MR) is 157 cm³/mol. The molecular formula is C28H54O4Si3. The number of benzene rings is 1. The van der Waals surface area contributed by atoms with E-state index in [-0.39, 0.29) is 34.5 Å². The first-order valence-corrected chi connectivity index (χ1v) is 22.6. The van der Waals surface area contributed by atoms with Gasteiger partial charge in [-0.25, -0.2) is 0 Å². The van der Waals surface area contributed by atoms with Crippen LogP contribution in [0.5, 0.6) is 0 Å². The molecule has 0 aliphatic heterocycles. The molecule has 0 amide bonds. The highest BCUT2D eigenvalue weighted by atomic mass is 28.4. The quantitative estimate of drug-likeness (QED) is 0.296. The Morgan fingerprint density at radius 1 is 0.686 bits per heavy atom. The first kappa shape index (κ1) is 30.9. The van der Waals surface area contributed by atoms with Crippen molar-refractivity contribution < 1.29 is 18.0 Å². The molecule has 0 heterocycles. The Hall–Kier alpha value is -0.289. The van der Waals surface area contributed by atoms with Gasteiger partial charge in [0.05, 0.1) is 31.0 Å². The minimum absolute atomic E-state index is 0.0214. The van der Waals surface area contributed by atoms with Crippen LogP contribution in [-0.2, 0) is 24.6 Å². The second-order valence-electron chi connectivity index (χ2n) is 14.4. The molecule has 202 valence electrons. The third-order valence-corrected chi connectivity index (χ3v) is 18.0. The average molecular weight is 539 g/mol. The highest BCUT2D eigenvalue weighted by molar-refractivity contribution is 6.74. The maximum absolute atomic E-state index is 7.11. The Morgan fingerprint density at radius 3 is 1.49 bits per heavy atom. The van der Waals surface area contributed by atoms with E-state index in [2.05, 4.69) is 118 Å². The molecular weight excluding hydrogens is 485 g/mol. The summed E-state index contributed by atoms with van der Waals surface area (Å²) in [6.45, 7) is 30.7. The molecule has 0 saturated heterocycles. The summed E-state index contributed by atoms with van der Waals surface area (Å²) in [5, 5.41) is 0.259. The van der Waals surface area contributed by atoms with E-state index in [0.29, 0.717) is 6.61 Å². The van der Waals surface area contributed by atoms with Crippen molar-refractivity contribution in [3.63, 3.8) is 0 Å². The molecule has 35 heavy (non-hydrogen) atoms. The molecule has 2 unspecified atom stereocenters. The molecule has 0 aromatic heterocycles. The van der Waals surface area contributed by atoms with Crippen LogP contribution in [0.4, 0.5) is 0 Å². The third kappa shape index (κ3) is 8.90. The second kappa shape index (κ2) is 11.2. The lowest BCUT2D eigenvalue weighted by Gasteiger charge is -2.50. The van der Waals surface area contributed by atoms with E-state index in [1.165, 1.54) is 5.56 Å². The summed E-state index contributed by atoms with van der Waals surface area (Å²) in [7, 11) is -5.86. The summed E-state index contributed by atoms with van der Waals surface area (Å²) < 4.78 is 27.7. The summed E-state index contributed by atoms with van der Waals surface area (Å²) in [6, 6.07) is 10.5. The standard InChI is InChI=1S/C28H54O4Si3/c1-27(2,3)34(10,11)30-24-19-23(29-21-22-17-15-14-16-18-22)20-25(26(24)32-33(7,8)9)31-35(12,13)28(4,5)6/h14-18,23-26H,19-21H2,1-13H3/t23?,24-,25+,26?. The number of hydrogen-bond acceptors (Lipinski definition) is 4. The van der Waals surface area contributed by atoms with Crippen LogP contribution >= 0.6 is 0 Å². The van der Waals surface area contributed by atoms with Crippen LogP contribution in [0, 0.1) is 0 Å². The summed E-state index contributed by atoms with van der Waals surface area (Å²) in [5.41, 5.74) is 1.21. The maximum Gasteiger partial charge on any atom is 0.192 e. The van der Waals surface area contributed by atoms with Crippen molar-refractivity contribution in [3.05, 3.63) is 35.9 Å². The predicted octanol–water partition coefficient (Wildman–Crippen LogP) is 8.37. The molecule has 1 saturated carbocycles. The van der Waals surface area contributed by atoms with Gasteiger partial charge in [-0.1, -0.05) is 71.9 Å². The Balaban J connectivity index is 2.40. The van der Waals surface area contributed by atoms with E-state index in [9.17, 15) is 0 Å². The van der Waals surface area contributed by atoms with Gasteiger partial charge in [0, 0.05) is 12.8 Å². The van der Waals surface area contributed by atoms with Crippen molar-refractivity contribution in [3.8, 4) is 0 Å². The van der Waals surface area contributed by atoms with Gasteiger partial charge in [-0.05, 0) is 61.5 Å². The van der Waals surface area contributed by atoms with E-state index >= 15 is 0 Å². The molecule has 0 N–H and O–H groups in total. The molecule has 4 atom stereocenters. The summed E-state index contributed by atoms with van der Waals surface area (Å²) in [6.07, 6.45) is 1.69. The van der Waals surface area contributed by atoms with Gasteiger partial charge in [-0.15, -0.1) is 0 Å². The number of hydrogen-bond donors (Lipinski definition) is 0. The molecule has 4 nitrogen and oxygen atoms in total. The Kier molecular flexibility index (Phi) is 9.91. The van der Waals surface area contributed by atoms with E-state index in [1.54, 1.807) is 0 Å². The van der Waals surface area contributed by atoms with Gasteiger partial charge in [0.15, 0.2) is 25.0 Å². The van der Waals surface area contributed by atoms with Crippen molar-refractivity contribution >= 4 is 25.0 Å². The Labute approximate surface area is 219 Å². The smallest absolute Gasteiger partial charge is 0.192 e. The lowest BCUT2D eigenvalue weighted by atomic mass is 9.90. The normalized spacial score (nSPS) is 25.1. The molecule has 0 radical (unpaired) electrons. The highest BCUT2D eigenvalue weighted by Crippen LogP contribution is 2.43. The highest BCUT2D eigenvalue weighted by Gasteiger charge is 2.50.